The van der Waals surface area contributed by atoms with Gasteiger partial charge in [0.15, 0.2) is 0 Å². The molecule has 3 unspecified atom stereocenters. The first-order chi connectivity index (χ1) is 10.1. The lowest BCUT2D eigenvalue weighted by molar-refractivity contribution is -0.123. The van der Waals surface area contributed by atoms with Crippen LogP contribution >= 0.6 is 0 Å². The van der Waals surface area contributed by atoms with Crippen molar-refractivity contribution >= 4 is 5.91 Å². The lowest BCUT2D eigenvalue weighted by Crippen LogP contribution is -2.45. The summed E-state index contributed by atoms with van der Waals surface area (Å²) in [6.45, 7) is 3.93. The first-order valence-corrected chi connectivity index (χ1v) is 7.83. The van der Waals surface area contributed by atoms with Crippen molar-refractivity contribution in [2.75, 3.05) is 0 Å². The Morgan fingerprint density at radius 3 is 2.86 bits per heavy atom. The van der Waals surface area contributed by atoms with Crippen molar-refractivity contribution in [1.82, 2.24) is 25.5 Å². The maximum Gasteiger partial charge on any atom is 0.220 e. The molecule has 118 valence electrons. The van der Waals surface area contributed by atoms with E-state index in [1.165, 1.54) is 0 Å². The highest BCUT2D eigenvalue weighted by Gasteiger charge is 2.24. The summed E-state index contributed by atoms with van der Waals surface area (Å²) in [6, 6.07) is 0.0585. The molecule has 0 bridgehead atoms. The molecule has 2 N–H and O–H groups in total. The van der Waals surface area contributed by atoms with E-state index in [9.17, 15) is 9.90 Å². The highest BCUT2D eigenvalue weighted by molar-refractivity contribution is 5.76. The van der Waals surface area contributed by atoms with Crippen molar-refractivity contribution in [1.29, 1.82) is 0 Å². The Hall–Kier alpha value is -1.50. The second-order valence-corrected chi connectivity index (χ2v) is 5.80. The van der Waals surface area contributed by atoms with E-state index in [1.54, 1.807) is 4.68 Å². The Morgan fingerprint density at radius 2 is 2.24 bits per heavy atom. The summed E-state index contributed by atoms with van der Waals surface area (Å²) < 4.78 is 1.78. The van der Waals surface area contributed by atoms with Gasteiger partial charge in [-0.15, -0.1) is 5.10 Å². The third kappa shape index (κ3) is 4.23. The minimum atomic E-state index is -0.397. The molecule has 7 nitrogen and oxygen atoms in total. The Labute approximate surface area is 125 Å². The van der Waals surface area contributed by atoms with Crippen molar-refractivity contribution < 1.29 is 9.90 Å². The van der Waals surface area contributed by atoms with Crippen molar-refractivity contribution in [3.05, 3.63) is 5.82 Å². The number of carbonyl (C=O) groups excluding carboxylic acids is 1. The normalized spacial score (nSPS) is 23.8. The number of hydrogen-bond donors (Lipinski definition) is 2. The molecule has 1 saturated carbocycles. The highest BCUT2D eigenvalue weighted by atomic mass is 16.3. The lowest BCUT2D eigenvalue weighted by Gasteiger charge is -2.28. The second kappa shape index (κ2) is 7.49. The van der Waals surface area contributed by atoms with E-state index in [0.717, 1.165) is 37.9 Å². The van der Waals surface area contributed by atoms with E-state index in [-0.39, 0.29) is 18.0 Å². The molecule has 1 aliphatic rings. The monoisotopic (exact) mass is 295 g/mol. The molecule has 0 aliphatic heterocycles. The second-order valence-electron chi connectivity index (χ2n) is 5.80. The van der Waals surface area contributed by atoms with E-state index >= 15 is 0 Å². The van der Waals surface area contributed by atoms with Crippen LogP contribution in [0.5, 0.6) is 0 Å². The molecular weight excluding hydrogens is 270 g/mol. The van der Waals surface area contributed by atoms with Crippen LogP contribution in [0, 0.1) is 6.92 Å². The smallest absolute Gasteiger partial charge is 0.220 e. The molecule has 7 heteroatoms. The number of nitrogens with one attached hydrogen (secondary N) is 1. The number of aliphatic hydroxyl groups is 1. The van der Waals surface area contributed by atoms with Gasteiger partial charge in [0.05, 0.1) is 18.2 Å². The van der Waals surface area contributed by atoms with Crippen LogP contribution in [0.2, 0.25) is 0 Å². The van der Waals surface area contributed by atoms with Gasteiger partial charge in [0, 0.05) is 6.42 Å². The number of tetrazole rings is 1. The molecule has 0 saturated heterocycles. The average Bonchev–Trinajstić information content (AvgIpc) is 2.89. The van der Waals surface area contributed by atoms with Crippen molar-refractivity contribution in [3.63, 3.8) is 0 Å². The van der Waals surface area contributed by atoms with Crippen molar-refractivity contribution in [2.24, 2.45) is 0 Å². The Bertz CT molecular complexity index is 462. The fraction of sp³-hybridized carbons (Fsp3) is 0.857. The maximum atomic E-state index is 12.0. The average molecular weight is 295 g/mol. The van der Waals surface area contributed by atoms with Crippen LogP contribution in [0.1, 0.15) is 63.7 Å². The molecule has 1 aromatic heterocycles. The number of hydrogen-bond acceptors (Lipinski definition) is 5. The van der Waals surface area contributed by atoms with Crippen molar-refractivity contribution in [3.8, 4) is 0 Å². The number of aromatic nitrogens is 4. The van der Waals surface area contributed by atoms with Crippen LogP contribution in [0.3, 0.4) is 0 Å². The molecule has 3 atom stereocenters. The predicted octanol–water partition coefficient (Wildman–Crippen LogP) is 1.13. The van der Waals surface area contributed by atoms with Crippen LogP contribution in [0.4, 0.5) is 0 Å². The summed E-state index contributed by atoms with van der Waals surface area (Å²) in [5.41, 5.74) is 0. The first kappa shape index (κ1) is 15.9. The molecule has 1 heterocycles. The van der Waals surface area contributed by atoms with E-state index in [1.807, 2.05) is 6.92 Å². The number of carbonyl (C=O) groups is 1. The van der Waals surface area contributed by atoms with Gasteiger partial charge in [0.1, 0.15) is 5.82 Å². The molecule has 2 rings (SSSR count). The molecule has 21 heavy (non-hydrogen) atoms. The lowest BCUT2D eigenvalue weighted by atomic mass is 9.92. The molecule has 1 amide bonds. The molecule has 0 spiro atoms. The Morgan fingerprint density at radius 1 is 1.48 bits per heavy atom. The van der Waals surface area contributed by atoms with Crippen LogP contribution in [0.15, 0.2) is 0 Å². The standard InChI is InChI=1S/C14H25N5O2/c1-3-11(19-10(2)16-17-18-19)8-9-14(21)15-12-6-4-5-7-13(12)20/h11-13,20H,3-9H2,1-2H3,(H,15,21). The zero-order chi connectivity index (χ0) is 15.2. The minimum Gasteiger partial charge on any atom is -0.391 e. The number of nitrogens with zero attached hydrogens (tertiary/aromatic N) is 4. The van der Waals surface area contributed by atoms with Gasteiger partial charge in [-0.05, 0) is 43.0 Å². The zero-order valence-electron chi connectivity index (χ0n) is 12.8. The van der Waals surface area contributed by atoms with Crippen LogP contribution in [-0.2, 0) is 4.79 Å². The molecule has 0 radical (unpaired) electrons. The first-order valence-electron chi connectivity index (χ1n) is 7.83. The van der Waals surface area contributed by atoms with E-state index in [0.29, 0.717) is 12.8 Å². The molecular formula is C14H25N5O2. The summed E-state index contributed by atoms with van der Waals surface area (Å²) in [5, 5.41) is 24.4. The largest absolute Gasteiger partial charge is 0.391 e. The van der Waals surface area contributed by atoms with Gasteiger partial charge in [0.25, 0.3) is 0 Å². The topological polar surface area (TPSA) is 92.9 Å². The van der Waals surface area contributed by atoms with Crippen molar-refractivity contribution in [2.45, 2.75) is 77.0 Å². The quantitative estimate of drug-likeness (QED) is 0.820. The van der Waals surface area contributed by atoms with Gasteiger partial charge in [0.2, 0.25) is 5.91 Å². The van der Waals surface area contributed by atoms with Gasteiger partial charge >= 0.3 is 0 Å². The number of aryl methyl sites for hydroxylation is 1. The van der Waals surface area contributed by atoms with Gasteiger partial charge in [-0.25, -0.2) is 4.68 Å². The zero-order valence-corrected chi connectivity index (χ0v) is 12.8. The summed E-state index contributed by atoms with van der Waals surface area (Å²) in [5.74, 6) is 0.773. The van der Waals surface area contributed by atoms with Gasteiger partial charge in [-0.3, -0.25) is 4.79 Å². The number of aliphatic hydroxyl groups excluding tert-OH is 1. The van der Waals surface area contributed by atoms with E-state index in [4.69, 9.17) is 0 Å². The Balaban J connectivity index is 1.81. The number of rotatable bonds is 6. The molecule has 1 aromatic rings. The summed E-state index contributed by atoms with van der Waals surface area (Å²) in [7, 11) is 0. The molecule has 0 aromatic carbocycles. The maximum absolute atomic E-state index is 12.0. The number of amides is 1. The van der Waals surface area contributed by atoms with E-state index < -0.39 is 6.10 Å². The predicted molar refractivity (Wildman–Crippen MR) is 77.5 cm³/mol. The third-order valence-corrected chi connectivity index (χ3v) is 4.25. The fourth-order valence-electron chi connectivity index (χ4n) is 2.93. The van der Waals surface area contributed by atoms with Gasteiger partial charge in [-0.2, -0.15) is 0 Å². The molecule has 1 fully saturated rings. The SMILES string of the molecule is CCC(CCC(=O)NC1CCCCC1O)n1nnnc1C. The summed E-state index contributed by atoms with van der Waals surface area (Å²) >= 11 is 0. The van der Waals surface area contributed by atoms with Crippen LogP contribution in [-0.4, -0.2) is 43.4 Å². The van der Waals surface area contributed by atoms with Crippen LogP contribution < -0.4 is 5.32 Å². The summed E-state index contributed by atoms with van der Waals surface area (Å²) in [6.07, 6.45) is 5.39. The van der Waals surface area contributed by atoms with Crippen LogP contribution in [0.25, 0.3) is 0 Å². The molecule has 1 aliphatic carbocycles. The van der Waals surface area contributed by atoms with E-state index in [2.05, 4.69) is 27.8 Å². The Kier molecular flexibility index (Phi) is 5.67. The van der Waals surface area contributed by atoms with Gasteiger partial charge in [-0.1, -0.05) is 19.8 Å². The van der Waals surface area contributed by atoms with Gasteiger partial charge < -0.3 is 10.4 Å². The fourth-order valence-corrected chi connectivity index (χ4v) is 2.93. The summed E-state index contributed by atoms with van der Waals surface area (Å²) in [4.78, 5) is 12.0. The third-order valence-electron chi connectivity index (χ3n) is 4.25. The highest BCUT2D eigenvalue weighted by Crippen LogP contribution is 2.20. The minimum absolute atomic E-state index is 0.00475.